The zero-order valence-electron chi connectivity index (χ0n) is 20.4. The highest BCUT2D eigenvalue weighted by atomic mass is 35.5. The van der Waals surface area contributed by atoms with Crippen molar-refractivity contribution in [3.05, 3.63) is 11.6 Å². The van der Waals surface area contributed by atoms with Crippen LogP contribution in [0, 0.1) is 52.8 Å². The zero-order chi connectivity index (χ0) is 22.1. The van der Waals surface area contributed by atoms with E-state index in [1.54, 1.807) is 5.57 Å². The van der Waals surface area contributed by atoms with Crippen LogP contribution in [-0.4, -0.2) is 31.6 Å². The third-order valence-corrected chi connectivity index (χ3v) is 10.2. The number of hydrogen-bond acceptors (Lipinski definition) is 4. The first-order valence-corrected chi connectivity index (χ1v) is 12.8. The monoisotopic (exact) mass is 468 g/mol. The predicted molar refractivity (Wildman–Crippen MR) is 138 cm³/mol. The summed E-state index contributed by atoms with van der Waals surface area (Å²) in [6.45, 7) is 6.84. The molecule has 0 aromatic rings. The van der Waals surface area contributed by atoms with Crippen molar-refractivity contribution in [3.63, 3.8) is 0 Å². The maximum Gasteiger partial charge on any atom is 0.146 e. The van der Waals surface area contributed by atoms with Gasteiger partial charge in [0.2, 0.25) is 0 Å². The van der Waals surface area contributed by atoms with Gasteiger partial charge in [-0.1, -0.05) is 25.5 Å². The van der Waals surface area contributed by atoms with Gasteiger partial charge in [-0.25, -0.2) is 4.89 Å². The van der Waals surface area contributed by atoms with Crippen molar-refractivity contribution in [3.8, 4) is 12.3 Å². The molecule has 4 nitrogen and oxygen atoms in total. The molecule has 3 saturated carbocycles. The lowest BCUT2D eigenvalue weighted by Crippen LogP contribution is -2.51. The summed E-state index contributed by atoms with van der Waals surface area (Å²) in [7, 11) is 1.95. The van der Waals surface area contributed by atoms with E-state index in [0.717, 1.165) is 56.0 Å². The normalized spacial score (nSPS) is 41.3. The van der Waals surface area contributed by atoms with E-state index < -0.39 is 0 Å². The third kappa shape index (κ3) is 4.53. The van der Waals surface area contributed by atoms with Gasteiger partial charge in [0.05, 0.1) is 0 Å². The van der Waals surface area contributed by atoms with Crippen molar-refractivity contribution in [1.82, 2.24) is 10.6 Å². The Bertz CT molecular complexity index is 717. The second kappa shape index (κ2) is 10.8. The SMILES string of the molecule is C#CCCC1CCC2C3CC=C4CC(C(NCCNC)OO)CCC4(C)C3CCC12C.Cl.[HH].[HH]. The molecule has 4 aliphatic rings. The molecule has 3 N–H and O–H groups in total. The Morgan fingerprint density at radius 3 is 2.75 bits per heavy atom. The minimum absolute atomic E-state index is 0. The Morgan fingerprint density at radius 1 is 1.22 bits per heavy atom. The summed E-state index contributed by atoms with van der Waals surface area (Å²) in [4.78, 5) is 4.89. The topological polar surface area (TPSA) is 53.5 Å². The minimum atomic E-state index is -0.266. The first-order valence-electron chi connectivity index (χ1n) is 12.8. The largest absolute Gasteiger partial charge is 0.318 e. The number of halogens is 1. The van der Waals surface area contributed by atoms with Crippen LogP contribution < -0.4 is 10.6 Å². The average Bonchev–Trinajstić information content (AvgIpc) is 3.11. The summed E-state index contributed by atoms with van der Waals surface area (Å²) in [6, 6.07) is 0. The minimum Gasteiger partial charge on any atom is -0.318 e. The van der Waals surface area contributed by atoms with Gasteiger partial charge in [-0.15, -0.1) is 24.8 Å². The maximum atomic E-state index is 9.53. The molecule has 0 saturated heterocycles. The molecule has 0 aromatic heterocycles. The summed E-state index contributed by atoms with van der Waals surface area (Å²) in [5.41, 5.74) is 2.49. The summed E-state index contributed by atoms with van der Waals surface area (Å²) >= 11 is 0. The zero-order valence-corrected chi connectivity index (χ0v) is 21.2. The van der Waals surface area contributed by atoms with Gasteiger partial charge in [-0.05, 0) is 99.3 Å². The van der Waals surface area contributed by atoms with Crippen molar-refractivity contribution in [1.29, 1.82) is 0 Å². The number of allylic oxidation sites excluding steroid dienone is 2. The molecule has 4 rings (SSSR count). The average molecular weight is 469 g/mol. The Morgan fingerprint density at radius 2 is 2.03 bits per heavy atom. The van der Waals surface area contributed by atoms with Crippen molar-refractivity contribution in [2.24, 2.45) is 40.4 Å². The molecule has 0 aromatic carbocycles. The van der Waals surface area contributed by atoms with Crippen LogP contribution in [0.2, 0.25) is 0 Å². The van der Waals surface area contributed by atoms with E-state index in [0.29, 0.717) is 16.7 Å². The lowest BCUT2D eigenvalue weighted by atomic mass is 9.47. The van der Waals surface area contributed by atoms with Crippen molar-refractivity contribution >= 4 is 12.4 Å². The Balaban J connectivity index is 0.00000193. The van der Waals surface area contributed by atoms with Crippen LogP contribution in [0.5, 0.6) is 0 Å². The van der Waals surface area contributed by atoms with Gasteiger partial charge in [0, 0.05) is 28.3 Å². The molecule has 0 bridgehead atoms. The molecule has 0 amide bonds. The van der Waals surface area contributed by atoms with E-state index >= 15 is 0 Å². The van der Waals surface area contributed by atoms with Gasteiger partial charge >= 0.3 is 0 Å². The van der Waals surface area contributed by atoms with Gasteiger partial charge < -0.3 is 5.32 Å². The molecule has 4 aliphatic carbocycles. The number of hydrogen-bond donors (Lipinski definition) is 3. The highest BCUT2D eigenvalue weighted by Gasteiger charge is 2.58. The van der Waals surface area contributed by atoms with Crippen molar-refractivity contribution in [2.75, 3.05) is 20.1 Å². The molecule has 5 heteroatoms. The predicted octanol–water partition coefficient (Wildman–Crippen LogP) is 6.13. The molecule has 186 valence electrons. The van der Waals surface area contributed by atoms with Crippen LogP contribution in [0.4, 0.5) is 0 Å². The van der Waals surface area contributed by atoms with Crippen LogP contribution >= 0.6 is 12.4 Å². The quantitative estimate of drug-likeness (QED) is 0.100. The second-order valence-corrected chi connectivity index (χ2v) is 11.4. The lowest BCUT2D eigenvalue weighted by molar-refractivity contribution is -0.300. The third-order valence-electron chi connectivity index (χ3n) is 10.2. The van der Waals surface area contributed by atoms with Gasteiger partial charge in [0.1, 0.15) is 6.23 Å². The summed E-state index contributed by atoms with van der Waals surface area (Å²) in [6.07, 6.45) is 20.3. The standard InChI is InChI=1S/C27H44N2O2.ClH.2H2/c1-5-6-7-20-9-11-23-22-10-8-21-18-19(25(31-30)29-17-16-28-4)12-14-27(21,3)24(22)13-15-26(20,23)2;;;/h1,8,19-20,22-25,28-30H,6-7,9-18H2,2-4H3;3*1H. The van der Waals surface area contributed by atoms with Gasteiger partial charge in [-0.2, -0.15) is 0 Å². The number of fused-ring (bicyclic) bond motifs is 5. The lowest BCUT2D eigenvalue weighted by Gasteiger charge is -2.58. The van der Waals surface area contributed by atoms with Crippen LogP contribution in [-0.2, 0) is 4.89 Å². The van der Waals surface area contributed by atoms with E-state index in [-0.39, 0.29) is 21.5 Å². The van der Waals surface area contributed by atoms with Crippen molar-refractivity contribution in [2.45, 2.75) is 84.3 Å². The smallest absolute Gasteiger partial charge is 0.146 e. The molecule has 0 radical (unpaired) electrons. The van der Waals surface area contributed by atoms with E-state index in [1.807, 2.05) is 7.05 Å². The second-order valence-electron chi connectivity index (χ2n) is 11.4. The van der Waals surface area contributed by atoms with Gasteiger partial charge in [-0.3, -0.25) is 10.6 Å². The van der Waals surface area contributed by atoms with E-state index in [2.05, 4.69) is 36.5 Å². The Hall–Kier alpha value is -0.570. The molecule has 0 aliphatic heterocycles. The molecule has 8 atom stereocenters. The fourth-order valence-corrected chi connectivity index (χ4v) is 8.42. The Labute approximate surface area is 205 Å². The fraction of sp³-hybridized carbons (Fsp3) is 0.852. The molecule has 32 heavy (non-hydrogen) atoms. The highest BCUT2D eigenvalue weighted by molar-refractivity contribution is 5.85. The fourth-order valence-electron chi connectivity index (χ4n) is 8.42. The first-order chi connectivity index (χ1) is 15.0. The summed E-state index contributed by atoms with van der Waals surface area (Å²) in [5, 5.41) is 16.1. The first kappa shape index (κ1) is 26.0. The molecule has 0 heterocycles. The molecule has 0 spiro atoms. The van der Waals surface area contributed by atoms with Crippen LogP contribution in [0.1, 0.15) is 80.9 Å². The number of terminal acetylenes is 1. The van der Waals surface area contributed by atoms with Crippen LogP contribution in [0.15, 0.2) is 11.6 Å². The molecule has 8 unspecified atom stereocenters. The van der Waals surface area contributed by atoms with Gasteiger partial charge in [0.15, 0.2) is 0 Å². The Kier molecular flexibility index (Phi) is 8.78. The highest BCUT2D eigenvalue weighted by Crippen LogP contribution is 2.67. The summed E-state index contributed by atoms with van der Waals surface area (Å²) in [5.74, 6) is 6.62. The summed E-state index contributed by atoms with van der Waals surface area (Å²) < 4.78 is 0. The number of nitrogens with one attached hydrogen (secondary N) is 2. The van der Waals surface area contributed by atoms with Gasteiger partial charge in [0.25, 0.3) is 0 Å². The number of likely N-dealkylation sites (N-methyl/N-ethyl adjacent to an activating group) is 1. The number of rotatable bonds is 8. The van der Waals surface area contributed by atoms with E-state index in [4.69, 9.17) is 11.3 Å². The van der Waals surface area contributed by atoms with Crippen LogP contribution in [0.3, 0.4) is 0 Å². The van der Waals surface area contributed by atoms with E-state index in [1.165, 1.54) is 44.9 Å². The molecular formula is C27H49ClN2O2. The molecule has 3 fully saturated rings. The molecular weight excluding hydrogens is 420 g/mol. The van der Waals surface area contributed by atoms with Crippen molar-refractivity contribution < 1.29 is 13.0 Å². The van der Waals surface area contributed by atoms with Crippen LogP contribution in [0.25, 0.3) is 0 Å². The van der Waals surface area contributed by atoms with E-state index in [9.17, 15) is 5.26 Å². The maximum absolute atomic E-state index is 9.53.